The van der Waals surface area contributed by atoms with E-state index in [0.29, 0.717) is 26.2 Å². The molecular formula is C23H25F4N5O3. The zero-order chi connectivity index (χ0) is 25.5. The van der Waals surface area contributed by atoms with Crippen molar-refractivity contribution in [3.8, 4) is 0 Å². The van der Waals surface area contributed by atoms with E-state index in [-0.39, 0.29) is 23.4 Å². The van der Waals surface area contributed by atoms with Crippen LogP contribution in [0.1, 0.15) is 22.8 Å². The molecule has 0 spiro atoms. The first-order valence-corrected chi connectivity index (χ1v) is 10.9. The van der Waals surface area contributed by atoms with Gasteiger partial charge in [0.15, 0.2) is 0 Å². The van der Waals surface area contributed by atoms with Gasteiger partial charge in [0.25, 0.3) is 5.91 Å². The van der Waals surface area contributed by atoms with Crippen molar-refractivity contribution in [2.24, 2.45) is 0 Å². The lowest BCUT2D eigenvalue weighted by molar-refractivity contribution is -0.132. The van der Waals surface area contributed by atoms with E-state index in [4.69, 9.17) is 0 Å². The highest BCUT2D eigenvalue weighted by Gasteiger charge is 2.27. The molecule has 12 heteroatoms. The highest BCUT2D eigenvalue weighted by atomic mass is 19.3. The number of anilines is 1. The van der Waals surface area contributed by atoms with Gasteiger partial charge in [0.1, 0.15) is 11.6 Å². The van der Waals surface area contributed by atoms with Crippen LogP contribution in [0.3, 0.4) is 0 Å². The van der Waals surface area contributed by atoms with Crippen molar-refractivity contribution < 1.29 is 31.9 Å². The number of nitrogens with zero attached hydrogens (tertiary/aromatic N) is 3. The average Bonchev–Trinajstić information content (AvgIpc) is 2.85. The molecule has 0 bridgehead atoms. The SMILES string of the molecule is CCN1CCN(C(=O)N(Cc2ccc(C(=O)NNC(=O)C(F)F)cc2F)c2cccc(F)c2)CC1. The fourth-order valence-corrected chi connectivity index (χ4v) is 3.57. The molecule has 0 unspecified atom stereocenters. The quantitative estimate of drug-likeness (QED) is 0.477. The first-order chi connectivity index (χ1) is 16.7. The Morgan fingerprint density at radius 2 is 1.71 bits per heavy atom. The van der Waals surface area contributed by atoms with E-state index >= 15 is 0 Å². The molecule has 0 radical (unpaired) electrons. The first-order valence-electron chi connectivity index (χ1n) is 10.9. The predicted molar refractivity (Wildman–Crippen MR) is 120 cm³/mol. The Hall–Kier alpha value is -3.67. The Bertz CT molecular complexity index is 1080. The second-order valence-electron chi connectivity index (χ2n) is 7.82. The molecule has 0 aromatic heterocycles. The van der Waals surface area contributed by atoms with Gasteiger partial charge in [-0.25, -0.2) is 13.6 Å². The number of amides is 4. The predicted octanol–water partition coefficient (Wildman–Crippen LogP) is 2.76. The van der Waals surface area contributed by atoms with Crippen LogP contribution in [0.2, 0.25) is 0 Å². The van der Waals surface area contributed by atoms with Crippen molar-refractivity contribution in [2.75, 3.05) is 37.6 Å². The summed E-state index contributed by atoms with van der Waals surface area (Å²) in [6, 6.07) is 8.30. The zero-order valence-electron chi connectivity index (χ0n) is 18.9. The number of carbonyl (C=O) groups excluding carboxylic acids is 3. The van der Waals surface area contributed by atoms with E-state index in [9.17, 15) is 31.9 Å². The summed E-state index contributed by atoms with van der Waals surface area (Å²) < 4.78 is 53.3. The second-order valence-corrected chi connectivity index (χ2v) is 7.82. The standard InChI is InChI=1S/C23H25F4N5O3/c1-2-30-8-10-31(11-9-30)23(35)32(18-5-3-4-17(24)13-18)14-16-7-6-15(12-19(16)25)21(33)28-29-22(34)20(26)27/h3-7,12-13,20H,2,8-11,14H2,1H3,(H,28,33)(H,29,34). The van der Waals surface area contributed by atoms with Crippen LogP contribution >= 0.6 is 0 Å². The molecule has 1 aliphatic heterocycles. The van der Waals surface area contributed by atoms with Gasteiger partial charge in [-0.3, -0.25) is 25.3 Å². The van der Waals surface area contributed by atoms with Crippen LogP contribution in [0.4, 0.5) is 28.0 Å². The van der Waals surface area contributed by atoms with Gasteiger partial charge in [0.05, 0.1) is 6.54 Å². The molecule has 2 N–H and O–H groups in total. The maximum Gasteiger partial charge on any atom is 0.324 e. The van der Waals surface area contributed by atoms with E-state index in [1.165, 1.54) is 46.7 Å². The van der Waals surface area contributed by atoms with Crippen molar-refractivity contribution in [1.29, 1.82) is 0 Å². The summed E-state index contributed by atoms with van der Waals surface area (Å²) >= 11 is 0. The van der Waals surface area contributed by atoms with Crippen LogP contribution in [0, 0.1) is 11.6 Å². The monoisotopic (exact) mass is 495 g/mol. The molecule has 8 nitrogen and oxygen atoms in total. The minimum absolute atomic E-state index is 0.0444. The number of rotatable bonds is 6. The Balaban J connectivity index is 1.79. The molecule has 2 aromatic rings. The fourth-order valence-electron chi connectivity index (χ4n) is 3.57. The number of halogens is 4. The van der Waals surface area contributed by atoms with Crippen molar-refractivity contribution in [3.63, 3.8) is 0 Å². The lowest BCUT2D eigenvalue weighted by Gasteiger charge is -2.37. The lowest BCUT2D eigenvalue weighted by Crippen LogP contribution is -2.52. The summed E-state index contributed by atoms with van der Waals surface area (Å²) in [6.07, 6.45) is -3.33. The molecule has 1 saturated heterocycles. The molecule has 0 aliphatic carbocycles. The number of piperazine rings is 1. The van der Waals surface area contributed by atoms with Crippen LogP contribution in [-0.4, -0.2) is 66.8 Å². The first kappa shape index (κ1) is 25.9. The van der Waals surface area contributed by atoms with E-state index in [2.05, 4.69) is 4.90 Å². The van der Waals surface area contributed by atoms with Crippen LogP contribution in [0.5, 0.6) is 0 Å². The number of likely N-dealkylation sites (N-methyl/N-ethyl adjacent to an activating group) is 1. The molecule has 1 fully saturated rings. The number of hydrogen-bond acceptors (Lipinski definition) is 4. The number of urea groups is 1. The largest absolute Gasteiger partial charge is 0.324 e. The highest BCUT2D eigenvalue weighted by molar-refractivity contribution is 5.96. The average molecular weight is 495 g/mol. The Morgan fingerprint density at radius 1 is 1.00 bits per heavy atom. The Morgan fingerprint density at radius 3 is 2.31 bits per heavy atom. The van der Waals surface area contributed by atoms with Gasteiger partial charge in [0.2, 0.25) is 0 Å². The van der Waals surface area contributed by atoms with Crippen LogP contribution in [0.25, 0.3) is 0 Å². The van der Waals surface area contributed by atoms with Crippen LogP contribution < -0.4 is 15.8 Å². The summed E-state index contributed by atoms with van der Waals surface area (Å²) in [5.41, 5.74) is 3.34. The molecule has 0 saturated carbocycles. The van der Waals surface area contributed by atoms with Crippen molar-refractivity contribution >= 4 is 23.5 Å². The lowest BCUT2D eigenvalue weighted by atomic mass is 10.1. The van der Waals surface area contributed by atoms with Crippen LogP contribution in [-0.2, 0) is 11.3 Å². The Kier molecular flexibility index (Phi) is 8.63. The number of benzene rings is 2. The van der Waals surface area contributed by atoms with Crippen LogP contribution in [0.15, 0.2) is 42.5 Å². The molecule has 2 aromatic carbocycles. The summed E-state index contributed by atoms with van der Waals surface area (Å²) in [7, 11) is 0. The molecule has 3 rings (SSSR count). The third kappa shape index (κ3) is 6.69. The smallest absolute Gasteiger partial charge is 0.322 e. The normalized spacial score (nSPS) is 14.1. The van der Waals surface area contributed by atoms with E-state index < -0.39 is 35.9 Å². The van der Waals surface area contributed by atoms with Crippen molar-refractivity contribution in [1.82, 2.24) is 20.7 Å². The van der Waals surface area contributed by atoms with Gasteiger partial charge < -0.3 is 9.80 Å². The number of carbonyl (C=O) groups is 3. The third-order valence-corrected chi connectivity index (χ3v) is 5.58. The van der Waals surface area contributed by atoms with Gasteiger partial charge in [-0.15, -0.1) is 0 Å². The minimum Gasteiger partial charge on any atom is -0.322 e. The van der Waals surface area contributed by atoms with Gasteiger partial charge in [-0.2, -0.15) is 8.78 Å². The van der Waals surface area contributed by atoms with Gasteiger partial charge in [-0.1, -0.05) is 19.1 Å². The summed E-state index contributed by atoms with van der Waals surface area (Å²) in [5, 5.41) is 0. The summed E-state index contributed by atoms with van der Waals surface area (Å²) in [4.78, 5) is 41.3. The number of hydrogen-bond donors (Lipinski definition) is 2. The van der Waals surface area contributed by atoms with Gasteiger partial charge >= 0.3 is 18.4 Å². The molecule has 35 heavy (non-hydrogen) atoms. The molecule has 0 atom stereocenters. The summed E-state index contributed by atoms with van der Waals surface area (Å²) in [5.74, 6) is -4.12. The molecule has 188 valence electrons. The molecule has 1 heterocycles. The minimum atomic E-state index is -3.33. The zero-order valence-corrected chi connectivity index (χ0v) is 18.9. The topological polar surface area (TPSA) is 85.0 Å². The number of nitrogens with one attached hydrogen (secondary N) is 2. The highest BCUT2D eigenvalue weighted by Crippen LogP contribution is 2.23. The molecule has 1 aliphatic rings. The van der Waals surface area contributed by atoms with Gasteiger partial charge in [-0.05, 0) is 36.9 Å². The van der Waals surface area contributed by atoms with Crippen molar-refractivity contribution in [3.05, 3.63) is 65.2 Å². The maximum absolute atomic E-state index is 14.9. The Labute approximate surface area is 199 Å². The van der Waals surface area contributed by atoms with E-state index in [1.54, 1.807) is 10.3 Å². The number of alkyl halides is 2. The molecule has 4 amide bonds. The third-order valence-electron chi connectivity index (χ3n) is 5.58. The second kappa shape index (κ2) is 11.6. The van der Waals surface area contributed by atoms with Gasteiger partial charge in [0, 0.05) is 43.0 Å². The van der Waals surface area contributed by atoms with E-state index in [0.717, 1.165) is 12.6 Å². The molecular weight excluding hydrogens is 470 g/mol. The fraction of sp³-hybridized carbons (Fsp3) is 0.348. The summed E-state index contributed by atoms with van der Waals surface area (Å²) in [6.45, 7) is 4.92. The number of hydrazine groups is 1. The maximum atomic E-state index is 14.9. The van der Waals surface area contributed by atoms with Crippen molar-refractivity contribution in [2.45, 2.75) is 19.9 Å². The van der Waals surface area contributed by atoms with E-state index in [1.807, 2.05) is 6.92 Å².